The van der Waals surface area contributed by atoms with E-state index in [4.69, 9.17) is 0 Å². The quantitative estimate of drug-likeness (QED) is 0.779. The van der Waals surface area contributed by atoms with Crippen molar-refractivity contribution in [3.05, 3.63) is 60.2 Å². The van der Waals surface area contributed by atoms with E-state index >= 15 is 0 Å². The van der Waals surface area contributed by atoms with Crippen LogP contribution in [0.3, 0.4) is 0 Å². The Morgan fingerprint density at radius 2 is 2.16 bits per heavy atom. The van der Waals surface area contributed by atoms with Gasteiger partial charge in [0.2, 0.25) is 0 Å². The molecule has 0 atom stereocenters. The van der Waals surface area contributed by atoms with E-state index < -0.39 is 0 Å². The van der Waals surface area contributed by atoms with E-state index in [1.54, 1.807) is 19.3 Å². The van der Waals surface area contributed by atoms with Gasteiger partial charge in [-0.15, -0.1) is 0 Å². The molecule has 96 valence electrons. The van der Waals surface area contributed by atoms with Crippen molar-refractivity contribution in [2.24, 2.45) is 0 Å². The van der Waals surface area contributed by atoms with E-state index in [0.29, 0.717) is 12.1 Å². The van der Waals surface area contributed by atoms with E-state index in [0.717, 1.165) is 16.9 Å². The van der Waals surface area contributed by atoms with Crippen LogP contribution in [0.2, 0.25) is 0 Å². The summed E-state index contributed by atoms with van der Waals surface area (Å²) < 4.78 is 15.9. The Kier molecular flexibility index (Phi) is 3.01. The van der Waals surface area contributed by atoms with Crippen LogP contribution < -0.4 is 5.32 Å². The Morgan fingerprint density at radius 1 is 1.26 bits per heavy atom. The monoisotopic (exact) mass is 255 g/mol. The Morgan fingerprint density at radius 3 is 2.95 bits per heavy atom. The van der Waals surface area contributed by atoms with Crippen molar-refractivity contribution in [3.8, 4) is 11.3 Å². The van der Waals surface area contributed by atoms with Gasteiger partial charge < -0.3 is 5.32 Å². The average molecular weight is 255 g/mol. The molecule has 0 bridgehead atoms. The van der Waals surface area contributed by atoms with E-state index in [1.165, 1.54) is 0 Å². The molecule has 3 rings (SSSR count). The summed E-state index contributed by atoms with van der Waals surface area (Å²) in [5, 5.41) is 2.95. The molecule has 19 heavy (non-hydrogen) atoms. The summed E-state index contributed by atoms with van der Waals surface area (Å²) in [5.41, 5.74) is 3.31. The summed E-state index contributed by atoms with van der Waals surface area (Å²) >= 11 is 0. The Hall–Kier alpha value is -2.20. The predicted octanol–water partition coefficient (Wildman–Crippen LogP) is 2.86. The Balaban J connectivity index is 2.11. The fourth-order valence-corrected chi connectivity index (χ4v) is 2.22. The van der Waals surface area contributed by atoms with Crippen LogP contribution in [-0.2, 0) is 6.54 Å². The molecule has 0 saturated carbocycles. The molecule has 0 amide bonds. The van der Waals surface area contributed by atoms with Crippen LogP contribution in [0, 0.1) is 5.82 Å². The van der Waals surface area contributed by atoms with Crippen molar-refractivity contribution in [2.45, 2.75) is 6.54 Å². The largest absolute Gasteiger partial charge is 0.316 e. The average Bonchev–Trinajstić information content (AvgIpc) is 2.89. The van der Waals surface area contributed by atoms with Gasteiger partial charge in [-0.2, -0.15) is 0 Å². The van der Waals surface area contributed by atoms with Gasteiger partial charge in [-0.05, 0) is 25.2 Å². The number of aromatic nitrogens is 2. The SMILES string of the molecule is CNCc1ccc(-c2cccc3nccn23)cc1F. The van der Waals surface area contributed by atoms with Gasteiger partial charge in [0.15, 0.2) is 0 Å². The van der Waals surface area contributed by atoms with E-state index in [2.05, 4.69) is 10.3 Å². The minimum Gasteiger partial charge on any atom is -0.316 e. The fourth-order valence-electron chi connectivity index (χ4n) is 2.22. The zero-order valence-corrected chi connectivity index (χ0v) is 10.6. The van der Waals surface area contributed by atoms with Crippen molar-refractivity contribution in [3.63, 3.8) is 0 Å². The zero-order valence-electron chi connectivity index (χ0n) is 10.6. The van der Waals surface area contributed by atoms with Crippen LogP contribution in [0.5, 0.6) is 0 Å². The number of nitrogens with zero attached hydrogens (tertiary/aromatic N) is 2. The summed E-state index contributed by atoms with van der Waals surface area (Å²) in [6, 6.07) is 11.1. The highest BCUT2D eigenvalue weighted by atomic mass is 19.1. The first-order valence-electron chi connectivity index (χ1n) is 6.15. The maximum Gasteiger partial charge on any atom is 0.137 e. The molecule has 0 spiro atoms. The second-order valence-electron chi connectivity index (χ2n) is 4.40. The van der Waals surface area contributed by atoms with E-state index in [-0.39, 0.29) is 5.82 Å². The van der Waals surface area contributed by atoms with Crippen LogP contribution >= 0.6 is 0 Å². The van der Waals surface area contributed by atoms with Gasteiger partial charge in [-0.1, -0.05) is 18.2 Å². The zero-order chi connectivity index (χ0) is 13.2. The summed E-state index contributed by atoms with van der Waals surface area (Å²) in [6.07, 6.45) is 3.62. The van der Waals surface area contributed by atoms with Gasteiger partial charge in [0.1, 0.15) is 11.5 Å². The lowest BCUT2D eigenvalue weighted by Gasteiger charge is -2.08. The molecule has 1 aromatic carbocycles. The minimum atomic E-state index is -0.191. The van der Waals surface area contributed by atoms with Gasteiger partial charge in [-0.25, -0.2) is 9.37 Å². The summed E-state index contributed by atoms with van der Waals surface area (Å²) in [5.74, 6) is -0.191. The Labute approximate surface area is 110 Å². The maximum atomic E-state index is 14.0. The summed E-state index contributed by atoms with van der Waals surface area (Å²) in [6.45, 7) is 0.529. The van der Waals surface area contributed by atoms with Crippen LogP contribution in [0.25, 0.3) is 16.9 Å². The second-order valence-corrected chi connectivity index (χ2v) is 4.40. The third kappa shape index (κ3) is 2.11. The van der Waals surface area contributed by atoms with Crippen molar-refractivity contribution in [2.75, 3.05) is 7.05 Å². The minimum absolute atomic E-state index is 0.191. The van der Waals surface area contributed by atoms with Gasteiger partial charge in [-0.3, -0.25) is 4.40 Å². The first-order chi connectivity index (χ1) is 9.29. The molecule has 0 unspecified atom stereocenters. The molecule has 4 heteroatoms. The molecule has 2 heterocycles. The molecule has 0 aliphatic heterocycles. The molecule has 0 aliphatic rings. The van der Waals surface area contributed by atoms with Crippen molar-refractivity contribution < 1.29 is 4.39 Å². The lowest BCUT2D eigenvalue weighted by molar-refractivity contribution is 0.601. The number of halogens is 1. The highest BCUT2D eigenvalue weighted by Gasteiger charge is 2.07. The van der Waals surface area contributed by atoms with E-state index in [9.17, 15) is 4.39 Å². The van der Waals surface area contributed by atoms with Crippen LogP contribution in [0.15, 0.2) is 48.8 Å². The molecule has 3 aromatic rings. The number of benzene rings is 1. The van der Waals surface area contributed by atoms with E-state index in [1.807, 2.05) is 40.9 Å². The van der Waals surface area contributed by atoms with Crippen LogP contribution in [-0.4, -0.2) is 16.4 Å². The standard InChI is InChI=1S/C15H14FN3/c1-17-10-12-6-5-11(9-13(12)16)14-3-2-4-15-18-7-8-19(14)15/h2-9,17H,10H2,1H3. The number of rotatable bonds is 3. The molecule has 0 saturated heterocycles. The molecule has 3 nitrogen and oxygen atoms in total. The Bertz CT molecular complexity index is 718. The van der Waals surface area contributed by atoms with Crippen molar-refractivity contribution in [1.82, 2.24) is 14.7 Å². The normalized spacial score (nSPS) is 11.1. The maximum absolute atomic E-state index is 14.0. The number of pyridine rings is 1. The number of fused-ring (bicyclic) bond motifs is 1. The number of imidazole rings is 1. The molecular formula is C15H14FN3. The lowest BCUT2D eigenvalue weighted by atomic mass is 10.1. The molecule has 2 aromatic heterocycles. The number of hydrogen-bond acceptors (Lipinski definition) is 2. The topological polar surface area (TPSA) is 29.3 Å². The number of nitrogens with one attached hydrogen (secondary N) is 1. The third-order valence-corrected chi connectivity index (χ3v) is 3.14. The van der Waals surface area contributed by atoms with Crippen LogP contribution in [0.1, 0.15) is 5.56 Å². The van der Waals surface area contributed by atoms with Crippen molar-refractivity contribution in [1.29, 1.82) is 0 Å². The first kappa shape index (κ1) is 11.9. The third-order valence-electron chi connectivity index (χ3n) is 3.14. The summed E-state index contributed by atoms with van der Waals surface area (Å²) in [7, 11) is 1.81. The number of hydrogen-bond donors (Lipinski definition) is 1. The predicted molar refractivity (Wildman–Crippen MR) is 73.3 cm³/mol. The molecular weight excluding hydrogens is 241 g/mol. The fraction of sp³-hybridized carbons (Fsp3) is 0.133. The molecule has 1 N–H and O–H groups in total. The molecule has 0 aliphatic carbocycles. The molecule has 0 fully saturated rings. The summed E-state index contributed by atoms with van der Waals surface area (Å²) in [4.78, 5) is 4.23. The van der Waals surface area contributed by atoms with Gasteiger partial charge in [0, 0.05) is 30.1 Å². The van der Waals surface area contributed by atoms with Crippen LogP contribution in [0.4, 0.5) is 4.39 Å². The van der Waals surface area contributed by atoms with Gasteiger partial charge in [0.05, 0.1) is 5.69 Å². The van der Waals surface area contributed by atoms with Gasteiger partial charge >= 0.3 is 0 Å². The highest BCUT2D eigenvalue weighted by molar-refractivity contribution is 5.64. The van der Waals surface area contributed by atoms with Gasteiger partial charge in [0.25, 0.3) is 0 Å². The second kappa shape index (κ2) is 4.82. The molecule has 0 radical (unpaired) electrons. The van der Waals surface area contributed by atoms with Crippen molar-refractivity contribution >= 4 is 5.65 Å². The first-order valence-corrected chi connectivity index (χ1v) is 6.15. The smallest absolute Gasteiger partial charge is 0.137 e. The highest BCUT2D eigenvalue weighted by Crippen LogP contribution is 2.22. The lowest BCUT2D eigenvalue weighted by Crippen LogP contribution is -2.07.